The number of aromatic carboxylic acids is 1. The predicted molar refractivity (Wildman–Crippen MR) is 82.8 cm³/mol. The Hall–Kier alpha value is -2.63. The Bertz CT molecular complexity index is 935. The molecule has 0 aromatic carbocycles. The van der Waals surface area contributed by atoms with E-state index < -0.39 is 5.97 Å². The van der Waals surface area contributed by atoms with Gasteiger partial charge in [-0.1, -0.05) is 6.07 Å². The van der Waals surface area contributed by atoms with Crippen molar-refractivity contribution in [2.75, 3.05) is 0 Å². The Morgan fingerprint density at radius 3 is 2.87 bits per heavy atom. The first-order valence-corrected chi connectivity index (χ1v) is 7.98. The quantitative estimate of drug-likeness (QED) is 0.807. The Balaban J connectivity index is 1.55. The molecular formula is C17H16N4O2. The third kappa shape index (κ3) is 1.98. The molecule has 3 aromatic heterocycles. The maximum atomic E-state index is 11.1. The molecule has 0 bridgehead atoms. The van der Waals surface area contributed by atoms with Gasteiger partial charge in [0.25, 0.3) is 0 Å². The number of fused-ring (bicyclic) bond motifs is 2. The fourth-order valence-corrected chi connectivity index (χ4v) is 3.55. The summed E-state index contributed by atoms with van der Waals surface area (Å²) in [6.45, 7) is 0.745. The van der Waals surface area contributed by atoms with Gasteiger partial charge >= 0.3 is 5.97 Å². The van der Waals surface area contributed by atoms with Crippen LogP contribution in [-0.4, -0.2) is 30.2 Å². The van der Waals surface area contributed by atoms with E-state index in [0.717, 1.165) is 35.9 Å². The van der Waals surface area contributed by atoms with E-state index in [-0.39, 0.29) is 11.6 Å². The predicted octanol–water partition coefficient (Wildman–Crippen LogP) is 2.64. The van der Waals surface area contributed by atoms with Gasteiger partial charge in [0, 0.05) is 30.6 Å². The van der Waals surface area contributed by atoms with E-state index in [1.165, 1.54) is 18.4 Å². The van der Waals surface area contributed by atoms with Crippen molar-refractivity contribution in [1.29, 1.82) is 0 Å². The van der Waals surface area contributed by atoms with E-state index in [2.05, 4.69) is 34.0 Å². The van der Waals surface area contributed by atoms with E-state index in [4.69, 9.17) is 10.1 Å². The van der Waals surface area contributed by atoms with Gasteiger partial charge in [-0.25, -0.2) is 9.78 Å². The highest BCUT2D eigenvalue weighted by Gasteiger charge is 2.30. The van der Waals surface area contributed by atoms with Crippen molar-refractivity contribution < 1.29 is 9.90 Å². The highest BCUT2D eigenvalue weighted by molar-refractivity contribution is 5.85. The van der Waals surface area contributed by atoms with Gasteiger partial charge in [0.15, 0.2) is 5.69 Å². The average Bonchev–Trinajstić information content (AvgIpc) is 2.99. The minimum absolute atomic E-state index is 0.115. The van der Waals surface area contributed by atoms with Crippen molar-refractivity contribution in [1.82, 2.24) is 19.2 Å². The smallest absolute Gasteiger partial charge is 0.356 e. The van der Waals surface area contributed by atoms with E-state index in [1.807, 2.05) is 0 Å². The molecule has 0 saturated heterocycles. The normalized spacial score (nSPS) is 20.1. The Morgan fingerprint density at radius 2 is 2.09 bits per heavy atom. The lowest BCUT2D eigenvalue weighted by atomic mass is 10.0. The van der Waals surface area contributed by atoms with Gasteiger partial charge in [-0.15, -0.1) is 0 Å². The van der Waals surface area contributed by atoms with Crippen LogP contribution >= 0.6 is 0 Å². The molecule has 3 aromatic rings. The molecule has 1 N–H and O–H groups in total. The molecule has 1 fully saturated rings. The summed E-state index contributed by atoms with van der Waals surface area (Å²) in [6.07, 6.45) is 7.74. The van der Waals surface area contributed by atoms with Crippen molar-refractivity contribution in [3.8, 4) is 0 Å². The van der Waals surface area contributed by atoms with Gasteiger partial charge < -0.3 is 9.51 Å². The standard InChI is InChI=1S/C17H16N4O2/c22-17(23)13-7-15-12(5-6-21(15)19-13)14-9-20-8-11(10-1-2-10)3-4-16(20)18-14/h3-4,7-10,12H,1-2,5-6H2,(H,22,23). The highest BCUT2D eigenvalue weighted by atomic mass is 16.4. The summed E-state index contributed by atoms with van der Waals surface area (Å²) < 4.78 is 3.90. The van der Waals surface area contributed by atoms with Crippen LogP contribution in [0.15, 0.2) is 30.6 Å². The maximum Gasteiger partial charge on any atom is 0.356 e. The van der Waals surface area contributed by atoms with Crippen LogP contribution in [-0.2, 0) is 6.54 Å². The Labute approximate surface area is 132 Å². The van der Waals surface area contributed by atoms with E-state index in [0.29, 0.717) is 0 Å². The van der Waals surface area contributed by atoms with Gasteiger partial charge in [0.05, 0.1) is 5.69 Å². The molecule has 0 radical (unpaired) electrons. The Morgan fingerprint density at radius 1 is 1.22 bits per heavy atom. The highest BCUT2D eigenvalue weighted by Crippen LogP contribution is 2.40. The summed E-state index contributed by atoms with van der Waals surface area (Å²) in [5.41, 5.74) is 4.39. The number of aryl methyl sites for hydroxylation is 1. The second kappa shape index (κ2) is 4.44. The zero-order valence-electron chi connectivity index (χ0n) is 12.5. The van der Waals surface area contributed by atoms with Crippen LogP contribution in [0.5, 0.6) is 0 Å². The molecule has 2 aliphatic rings. The minimum Gasteiger partial charge on any atom is -0.476 e. The van der Waals surface area contributed by atoms with Gasteiger partial charge in [-0.3, -0.25) is 4.68 Å². The van der Waals surface area contributed by atoms with Crippen LogP contribution in [0.2, 0.25) is 0 Å². The number of carboxylic acids is 1. The molecule has 5 rings (SSSR count). The van der Waals surface area contributed by atoms with Crippen LogP contribution in [0.25, 0.3) is 5.65 Å². The first kappa shape index (κ1) is 12.9. The van der Waals surface area contributed by atoms with Crippen molar-refractivity contribution in [3.63, 3.8) is 0 Å². The lowest BCUT2D eigenvalue weighted by molar-refractivity contribution is 0.0689. The van der Waals surface area contributed by atoms with E-state index >= 15 is 0 Å². The molecule has 4 heterocycles. The molecule has 6 heteroatoms. The number of nitrogens with zero attached hydrogens (tertiary/aromatic N) is 4. The lowest BCUT2D eigenvalue weighted by Gasteiger charge is -2.03. The molecule has 116 valence electrons. The number of rotatable bonds is 3. The summed E-state index contributed by atoms with van der Waals surface area (Å²) >= 11 is 0. The second-order valence-electron chi connectivity index (χ2n) is 6.49. The SMILES string of the molecule is O=C(O)c1cc2n(n1)CCC2c1cn2cc(C3CC3)ccc2n1. The molecule has 1 aliphatic heterocycles. The molecule has 1 atom stereocenters. The summed E-state index contributed by atoms with van der Waals surface area (Å²) in [4.78, 5) is 15.8. The van der Waals surface area contributed by atoms with Crippen LogP contribution in [0.1, 0.15) is 58.5 Å². The van der Waals surface area contributed by atoms with Crippen molar-refractivity contribution in [2.24, 2.45) is 0 Å². The first-order valence-electron chi connectivity index (χ1n) is 7.98. The van der Waals surface area contributed by atoms with Crippen LogP contribution < -0.4 is 0 Å². The summed E-state index contributed by atoms with van der Waals surface area (Å²) in [5, 5.41) is 13.3. The summed E-state index contributed by atoms with van der Waals surface area (Å²) in [5.74, 6) is -0.133. The third-order valence-electron chi connectivity index (χ3n) is 4.92. The van der Waals surface area contributed by atoms with Crippen molar-refractivity contribution in [3.05, 3.63) is 53.2 Å². The van der Waals surface area contributed by atoms with E-state index in [1.54, 1.807) is 10.7 Å². The first-order chi connectivity index (χ1) is 11.2. The third-order valence-corrected chi connectivity index (χ3v) is 4.92. The summed E-state index contributed by atoms with van der Waals surface area (Å²) in [6, 6.07) is 5.93. The lowest BCUT2D eigenvalue weighted by Crippen LogP contribution is -2.00. The maximum absolute atomic E-state index is 11.1. The molecule has 0 spiro atoms. The molecule has 6 nitrogen and oxygen atoms in total. The zero-order valence-corrected chi connectivity index (χ0v) is 12.5. The summed E-state index contributed by atoms with van der Waals surface area (Å²) in [7, 11) is 0. The van der Waals surface area contributed by atoms with Crippen LogP contribution in [0, 0.1) is 0 Å². The fourth-order valence-electron chi connectivity index (χ4n) is 3.55. The molecule has 1 aliphatic carbocycles. The van der Waals surface area contributed by atoms with Crippen molar-refractivity contribution in [2.45, 2.75) is 37.6 Å². The van der Waals surface area contributed by atoms with Crippen LogP contribution in [0.3, 0.4) is 0 Å². The average molecular weight is 308 g/mol. The van der Waals surface area contributed by atoms with Crippen LogP contribution in [0.4, 0.5) is 0 Å². The Kier molecular flexibility index (Phi) is 2.48. The number of pyridine rings is 1. The number of hydrogen-bond donors (Lipinski definition) is 1. The van der Waals surface area contributed by atoms with Gasteiger partial charge in [0.2, 0.25) is 0 Å². The molecule has 0 amide bonds. The number of carbonyl (C=O) groups is 1. The number of aromatic nitrogens is 4. The van der Waals surface area contributed by atoms with Crippen molar-refractivity contribution >= 4 is 11.6 Å². The zero-order chi connectivity index (χ0) is 15.6. The fraction of sp³-hybridized carbons (Fsp3) is 0.353. The number of hydrogen-bond acceptors (Lipinski definition) is 3. The van der Waals surface area contributed by atoms with Gasteiger partial charge in [-0.2, -0.15) is 5.10 Å². The monoisotopic (exact) mass is 308 g/mol. The number of imidazole rings is 1. The van der Waals surface area contributed by atoms with E-state index in [9.17, 15) is 4.79 Å². The molecule has 23 heavy (non-hydrogen) atoms. The van der Waals surface area contributed by atoms with Gasteiger partial charge in [-0.05, 0) is 42.9 Å². The second-order valence-corrected chi connectivity index (χ2v) is 6.49. The molecular weight excluding hydrogens is 292 g/mol. The minimum atomic E-state index is -0.977. The van der Waals surface area contributed by atoms with Gasteiger partial charge in [0.1, 0.15) is 5.65 Å². The topological polar surface area (TPSA) is 72.4 Å². The molecule has 1 unspecified atom stereocenters. The number of carboxylic acid groups (broad SMARTS) is 1. The largest absolute Gasteiger partial charge is 0.476 e. The molecule has 1 saturated carbocycles.